The summed E-state index contributed by atoms with van der Waals surface area (Å²) in [5, 5.41) is 0.0348. The first-order valence-electron chi connectivity index (χ1n) is 5.85. The Morgan fingerprint density at radius 3 is 1.68 bits per heavy atom. The molecule has 2 amide bonds. The van der Waals surface area contributed by atoms with E-state index in [0.717, 1.165) is 4.90 Å². The van der Waals surface area contributed by atoms with Crippen LogP contribution in [0.3, 0.4) is 0 Å². The van der Waals surface area contributed by atoms with Crippen molar-refractivity contribution in [2.75, 3.05) is 4.90 Å². The molecule has 22 heavy (non-hydrogen) atoms. The van der Waals surface area contributed by atoms with Crippen LogP contribution >= 0.6 is 58.0 Å². The minimum atomic E-state index is -0.632. The third-order valence-electron chi connectivity index (χ3n) is 3.17. The molecular formula is C14H4Cl5NO2. The van der Waals surface area contributed by atoms with Crippen LogP contribution in [0, 0.1) is 0 Å². The number of benzene rings is 2. The Labute approximate surface area is 150 Å². The van der Waals surface area contributed by atoms with E-state index in [4.69, 9.17) is 58.0 Å². The molecule has 2 aromatic carbocycles. The molecule has 0 unspecified atom stereocenters. The number of nitrogens with zero attached hydrogens (tertiary/aromatic N) is 1. The molecule has 0 bridgehead atoms. The molecule has 0 atom stereocenters. The van der Waals surface area contributed by atoms with Gasteiger partial charge in [0.2, 0.25) is 0 Å². The smallest absolute Gasteiger partial charge is 0.267 e. The molecule has 112 valence electrons. The van der Waals surface area contributed by atoms with Crippen molar-refractivity contribution in [1.82, 2.24) is 0 Å². The van der Waals surface area contributed by atoms with E-state index in [9.17, 15) is 9.59 Å². The van der Waals surface area contributed by atoms with Gasteiger partial charge in [-0.2, -0.15) is 0 Å². The predicted molar refractivity (Wildman–Crippen MR) is 89.1 cm³/mol. The lowest BCUT2D eigenvalue weighted by Gasteiger charge is -2.13. The van der Waals surface area contributed by atoms with Gasteiger partial charge in [-0.1, -0.05) is 64.1 Å². The maximum Gasteiger partial charge on any atom is 0.267 e. The lowest BCUT2D eigenvalue weighted by Crippen LogP contribution is -2.29. The number of imide groups is 1. The van der Waals surface area contributed by atoms with Crippen LogP contribution in [0.2, 0.25) is 25.1 Å². The fourth-order valence-corrected chi connectivity index (χ4v) is 3.40. The predicted octanol–water partition coefficient (Wildman–Crippen LogP) is 5.75. The molecule has 0 saturated carbocycles. The second kappa shape index (κ2) is 5.59. The highest BCUT2D eigenvalue weighted by atomic mass is 35.5. The van der Waals surface area contributed by atoms with Crippen LogP contribution in [-0.2, 0) is 0 Å². The van der Waals surface area contributed by atoms with Crippen molar-refractivity contribution in [3.05, 3.63) is 60.5 Å². The summed E-state index contributed by atoms with van der Waals surface area (Å²) in [4.78, 5) is 26.1. The first-order chi connectivity index (χ1) is 10.3. The number of carbonyl (C=O) groups excluding carboxylic acids is 2. The minimum absolute atomic E-state index is 0.0638. The molecule has 0 aliphatic carbocycles. The molecule has 1 aliphatic rings. The average molecular weight is 395 g/mol. The van der Waals surface area contributed by atoms with E-state index in [2.05, 4.69) is 0 Å². The second-order valence-electron chi connectivity index (χ2n) is 4.43. The standard InChI is InChI=1S/C14H4Cl5NO2/c15-5-2-1-3-6(4-5)20-13(21)7-8(14(20)22)10(17)12(19)11(18)9(7)16/h1-4H. The Morgan fingerprint density at radius 2 is 1.23 bits per heavy atom. The normalized spacial score (nSPS) is 13.8. The number of hydrogen-bond acceptors (Lipinski definition) is 2. The number of fused-ring (bicyclic) bond motifs is 1. The number of hydrogen-bond donors (Lipinski definition) is 0. The van der Waals surface area contributed by atoms with Crippen LogP contribution in [0.25, 0.3) is 0 Å². The van der Waals surface area contributed by atoms with Gasteiger partial charge in [-0.15, -0.1) is 0 Å². The summed E-state index contributed by atoms with van der Waals surface area (Å²) in [6, 6.07) is 6.29. The van der Waals surface area contributed by atoms with E-state index in [0.29, 0.717) is 10.7 Å². The molecule has 3 nitrogen and oxygen atoms in total. The Balaban J connectivity index is 2.26. The highest BCUT2D eigenvalue weighted by Crippen LogP contribution is 2.45. The van der Waals surface area contributed by atoms with Crippen molar-refractivity contribution >= 4 is 75.5 Å². The van der Waals surface area contributed by atoms with Crippen molar-refractivity contribution in [2.45, 2.75) is 0 Å². The van der Waals surface area contributed by atoms with Crippen molar-refractivity contribution in [2.24, 2.45) is 0 Å². The van der Waals surface area contributed by atoms with Gasteiger partial charge in [0, 0.05) is 5.02 Å². The van der Waals surface area contributed by atoms with Crippen LogP contribution < -0.4 is 4.90 Å². The van der Waals surface area contributed by atoms with Gasteiger partial charge < -0.3 is 0 Å². The zero-order valence-electron chi connectivity index (χ0n) is 10.5. The Bertz CT molecular complexity index is 803. The molecule has 8 heteroatoms. The quantitative estimate of drug-likeness (QED) is 0.350. The molecule has 3 rings (SSSR count). The monoisotopic (exact) mass is 393 g/mol. The zero-order chi connectivity index (χ0) is 16.2. The summed E-state index contributed by atoms with van der Waals surface area (Å²) in [7, 11) is 0. The molecule has 0 saturated heterocycles. The lowest BCUT2D eigenvalue weighted by atomic mass is 10.1. The molecule has 0 aromatic heterocycles. The number of rotatable bonds is 1. The van der Waals surface area contributed by atoms with Crippen LogP contribution in [0.4, 0.5) is 5.69 Å². The van der Waals surface area contributed by atoms with E-state index in [1.54, 1.807) is 18.2 Å². The van der Waals surface area contributed by atoms with E-state index in [1.807, 2.05) is 0 Å². The number of carbonyl (C=O) groups is 2. The van der Waals surface area contributed by atoms with E-state index in [1.165, 1.54) is 6.07 Å². The van der Waals surface area contributed by atoms with E-state index in [-0.39, 0.29) is 31.2 Å². The van der Waals surface area contributed by atoms with E-state index < -0.39 is 11.8 Å². The molecule has 0 radical (unpaired) electrons. The molecule has 0 fully saturated rings. The van der Waals surface area contributed by atoms with Crippen molar-refractivity contribution < 1.29 is 9.59 Å². The third-order valence-corrected chi connectivity index (χ3v) is 5.20. The van der Waals surface area contributed by atoms with Crippen molar-refractivity contribution in [1.29, 1.82) is 0 Å². The van der Waals surface area contributed by atoms with Gasteiger partial charge >= 0.3 is 0 Å². The summed E-state index contributed by atoms with van der Waals surface area (Å²) in [5.41, 5.74) is 0.176. The second-order valence-corrected chi connectivity index (χ2v) is 6.38. The minimum Gasteiger partial charge on any atom is -0.268 e. The summed E-state index contributed by atoms with van der Waals surface area (Å²) in [5.74, 6) is -1.26. The van der Waals surface area contributed by atoms with Crippen LogP contribution in [0.5, 0.6) is 0 Å². The third kappa shape index (κ3) is 2.20. The number of anilines is 1. The van der Waals surface area contributed by atoms with Gasteiger partial charge in [0.15, 0.2) is 0 Å². The highest BCUT2D eigenvalue weighted by Gasteiger charge is 2.42. The fraction of sp³-hybridized carbons (Fsp3) is 0. The molecule has 2 aromatic rings. The number of amides is 2. The summed E-state index contributed by atoms with van der Waals surface area (Å²) in [6.07, 6.45) is 0. The Kier molecular flexibility index (Phi) is 4.04. The molecule has 1 aliphatic heterocycles. The summed E-state index contributed by atoms with van der Waals surface area (Å²) >= 11 is 29.9. The topological polar surface area (TPSA) is 37.4 Å². The molecule has 0 N–H and O–H groups in total. The van der Waals surface area contributed by atoms with Crippen LogP contribution in [0.1, 0.15) is 20.7 Å². The Morgan fingerprint density at radius 1 is 0.727 bits per heavy atom. The zero-order valence-corrected chi connectivity index (χ0v) is 14.2. The summed E-state index contributed by atoms with van der Waals surface area (Å²) in [6.45, 7) is 0. The maximum atomic E-state index is 12.6. The van der Waals surface area contributed by atoms with Crippen LogP contribution in [-0.4, -0.2) is 11.8 Å². The maximum absolute atomic E-state index is 12.6. The first-order valence-corrected chi connectivity index (χ1v) is 7.74. The van der Waals surface area contributed by atoms with E-state index >= 15 is 0 Å². The van der Waals surface area contributed by atoms with Gasteiger partial charge in [-0.25, -0.2) is 4.90 Å². The fourth-order valence-electron chi connectivity index (χ4n) is 2.20. The molecule has 0 spiro atoms. The van der Waals surface area contributed by atoms with Gasteiger partial charge in [0.05, 0.1) is 36.9 Å². The van der Waals surface area contributed by atoms with Crippen molar-refractivity contribution in [3.63, 3.8) is 0 Å². The molecular weight excluding hydrogens is 391 g/mol. The van der Waals surface area contributed by atoms with Gasteiger partial charge in [-0.3, -0.25) is 9.59 Å². The summed E-state index contributed by atoms with van der Waals surface area (Å²) < 4.78 is 0. The van der Waals surface area contributed by atoms with Gasteiger partial charge in [-0.05, 0) is 18.2 Å². The van der Waals surface area contributed by atoms with Gasteiger partial charge in [0.1, 0.15) is 0 Å². The van der Waals surface area contributed by atoms with Gasteiger partial charge in [0.25, 0.3) is 11.8 Å². The largest absolute Gasteiger partial charge is 0.268 e. The van der Waals surface area contributed by atoms with Crippen LogP contribution in [0.15, 0.2) is 24.3 Å². The molecule has 1 heterocycles. The average Bonchev–Trinajstić information content (AvgIpc) is 2.74. The number of halogens is 5. The first kappa shape index (κ1) is 15.9. The van der Waals surface area contributed by atoms with Crippen molar-refractivity contribution in [3.8, 4) is 0 Å². The lowest BCUT2D eigenvalue weighted by molar-refractivity contribution is 0.0926. The Hall–Kier alpha value is -0.970. The highest BCUT2D eigenvalue weighted by molar-refractivity contribution is 6.56. The SMILES string of the molecule is O=C1c2c(Cl)c(Cl)c(Cl)c(Cl)c2C(=O)N1c1cccc(Cl)c1.